The molecule has 1 fully saturated rings. The van der Waals surface area contributed by atoms with Gasteiger partial charge >= 0.3 is 5.97 Å². The third-order valence-corrected chi connectivity index (χ3v) is 2.16. The highest BCUT2D eigenvalue weighted by molar-refractivity contribution is 5.77. The van der Waals surface area contributed by atoms with Gasteiger partial charge in [0.2, 0.25) is 0 Å². The molecule has 4 nitrogen and oxygen atoms in total. The molecule has 4 heteroatoms. The molecule has 1 saturated heterocycles. The van der Waals surface area contributed by atoms with Crippen LogP contribution < -0.4 is 0 Å². The second-order valence-corrected chi connectivity index (χ2v) is 3.01. The minimum absolute atomic E-state index is 0.264. The third-order valence-electron chi connectivity index (χ3n) is 2.16. The molecule has 1 aliphatic rings. The van der Waals surface area contributed by atoms with Crippen LogP contribution in [-0.2, 0) is 9.53 Å². The first-order valence-electron chi connectivity index (χ1n) is 3.58. The molecule has 1 heterocycles. The number of ether oxygens (including phenoxy) is 1. The quantitative estimate of drug-likeness (QED) is 0.590. The molecule has 64 valence electrons. The molecule has 11 heavy (non-hydrogen) atoms. The molecule has 0 saturated carbocycles. The highest BCUT2D eigenvalue weighted by atomic mass is 16.5. The van der Waals surface area contributed by atoms with Gasteiger partial charge in [-0.05, 0) is 13.3 Å². The molecular formula is C7H12O4. The topological polar surface area (TPSA) is 66.8 Å². The largest absolute Gasteiger partial charge is 0.479 e. The van der Waals surface area contributed by atoms with E-state index in [0.717, 1.165) is 0 Å². The van der Waals surface area contributed by atoms with E-state index in [-0.39, 0.29) is 5.92 Å². The Kier molecular flexibility index (Phi) is 2.15. The van der Waals surface area contributed by atoms with E-state index in [1.165, 1.54) is 6.92 Å². The Hall–Kier alpha value is -0.610. The molecule has 2 atom stereocenters. The number of hydrogen-bond donors (Lipinski definition) is 2. The second kappa shape index (κ2) is 2.79. The number of carbonyl (C=O) groups is 1. The molecule has 0 aromatic heterocycles. The van der Waals surface area contributed by atoms with Crippen molar-refractivity contribution in [1.29, 1.82) is 0 Å². The molecule has 0 radical (unpaired) electrons. The van der Waals surface area contributed by atoms with Crippen molar-refractivity contribution in [1.82, 2.24) is 0 Å². The maximum Gasteiger partial charge on any atom is 0.335 e. The van der Waals surface area contributed by atoms with Crippen LogP contribution >= 0.6 is 0 Å². The molecule has 0 spiro atoms. The fourth-order valence-electron chi connectivity index (χ4n) is 1.15. The Morgan fingerprint density at radius 1 is 1.73 bits per heavy atom. The van der Waals surface area contributed by atoms with Gasteiger partial charge < -0.3 is 14.9 Å². The Bertz CT molecular complexity index is 158. The first-order valence-corrected chi connectivity index (χ1v) is 3.58. The summed E-state index contributed by atoms with van der Waals surface area (Å²) in [6, 6.07) is 0. The van der Waals surface area contributed by atoms with Crippen LogP contribution in [0.3, 0.4) is 0 Å². The van der Waals surface area contributed by atoms with Crippen molar-refractivity contribution in [3.8, 4) is 0 Å². The van der Waals surface area contributed by atoms with E-state index < -0.39 is 11.6 Å². The number of rotatable bonds is 2. The standard InChI is InChI=1S/C7H12O4/c1-7(10,6(8)9)5-2-3-11-4-5/h5,10H,2-4H2,1H3,(H,8,9)/t5-,7-/m1/s1. The summed E-state index contributed by atoms with van der Waals surface area (Å²) in [6.45, 7) is 2.21. The van der Waals surface area contributed by atoms with E-state index in [0.29, 0.717) is 19.6 Å². The number of carboxylic acid groups (broad SMARTS) is 1. The van der Waals surface area contributed by atoms with Crippen LogP contribution in [0.4, 0.5) is 0 Å². The predicted octanol–water partition coefficient (Wildman–Crippen LogP) is -0.141. The van der Waals surface area contributed by atoms with E-state index >= 15 is 0 Å². The second-order valence-electron chi connectivity index (χ2n) is 3.01. The maximum atomic E-state index is 10.5. The van der Waals surface area contributed by atoms with Gasteiger partial charge in [-0.25, -0.2) is 4.79 Å². The number of aliphatic carboxylic acids is 1. The van der Waals surface area contributed by atoms with E-state index in [9.17, 15) is 9.90 Å². The van der Waals surface area contributed by atoms with Crippen LogP contribution in [0.15, 0.2) is 0 Å². The molecule has 0 unspecified atom stereocenters. The summed E-state index contributed by atoms with van der Waals surface area (Å²) in [5.41, 5.74) is -1.63. The zero-order valence-corrected chi connectivity index (χ0v) is 6.41. The Balaban J connectivity index is 2.62. The van der Waals surface area contributed by atoms with E-state index in [1.807, 2.05) is 0 Å². The molecule has 1 rings (SSSR count). The molecular weight excluding hydrogens is 148 g/mol. The number of aliphatic hydroxyl groups is 1. The minimum Gasteiger partial charge on any atom is -0.479 e. The monoisotopic (exact) mass is 160 g/mol. The lowest BCUT2D eigenvalue weighted by atomic mass is 9.89. The van der Waals surface area contributed by atoms with Crippen LogP contribution in [0.25, 0.3) is 0 Å². The highest BCUT2D eigenvalue weighted by Crippen LogP contribution is 2.25. The van der Waals surface area contributed by atoms with Crippen molar-refractivity contribution in [2.45, 2.75) is 18.9 Å². The van der Waals surface area contributed by atoms with Crippen LogP contribution in [0.5, 0.6) is 0 Å². The van der Waals surface area contributed by atoms with Crippen molar-refractivity contribution in [3.05, 3.63) is 0 Å². The Morgan fingerprint density at radius 2 is 2.36 bits per heavy atom. The predicted molar refractivity (Wildman–Crippen MR) is 37.2 cm³/mol. The molecule has 0 aromatic rings. The van der Waals surface area contributed by atoms with Gasteiger partial charge in [0.05, 0.1) is 6.61 Å². The van der Waals surface area contributed by atoms with Gasteiger partial charge in [0.15, 0.2) is 5.60 Å². The zero-order chi connectivity index (χ0) is 8.48. The van der Waals surface area contributed by atoms with Crippen molar-refractivity contribution in [3.63, 3.8) is 0 Å². The van der Waals surface area contributed by atoms with Crippen molar-refractivity contribution < 1.29 is 19.7 Å². The van der Waals surface area contributed by atoms with Crippen LogP contribution in [-0.4, -0.2) is 35.0 Å². The molecule has 0 amide bonds. The van der Waals surface area contributed by atoms with Crippen LogP contribution in [0, 0.1) is 5.92 Å². The number of carboxylic acids is 1. The number of hydrogen-bond acceptors (Lipinski definition) is 3. The summed E-state index contributed by atoms with van der Waals surface area (Å²) < 4.78 is 4.97. The van der Waals surface area contributed by atoms with Gasteiger partial charge in [-0.3, -0.25) is 0 Å². The molecule has 2 N–H and O–H groups in total. The van der Waals surface area contributed by atoms with Crippen molar-refractivity contribution >= 4 is 5.97 Å². The van der Waals surface area contributed by atoms with Gasteiger partial charge in [0, 0.05) is 12.5 Å². The lowest BCUT2D eigenvalue weighted by Gasteiger charge is -2.23. The fraction of sp³-hybridized carbons (Fsp3) is 0.857. The minimum atomic E-state index is -1.63. The van der Waals surface area contributed by atoms with Gasteiger partial charge in [-0.1, -0.05) is 0 Å². The van der Waals surface area contributed by atoms with E-state index in [2.05, 4.69) is 0 Å². The lowest BCUT2D eigenvalue weighted by Crippen LogP contribution is -2.43. The van der Waals surface area contributed by atoms with Crippen LogP contribution in [0.2, 0.25) is 0 Å². The van der Waals surface area contributed by atoms with E-state index in [4.69, 9.17) is 9.84 Å². The SMILES string of the molecule is C[C@](O)(C(=O)O)[C@@H]1CCOC1. The summed E-state index contributed by atoms with van der Waals surface area (Å²) in [5, 5.41) is 18.0. The normalized spacial score (nSPS) is 29.8. The summed E-state index contributed by atoms with van der Waals surface area (Å²) >= 11 is 0. The third kappa shape index (κ3) is 1.52. The smallest absolute Gasteiger partial charge is 0.335 e. The molecule has 1 aliphatic heterocycles. The summed E-state index contributed by atoms with van der Waals surface area (Å²) in [7, 11) is 0. The summed E-state index contributed by atoms with van der Waals surface area (Å²) in [5.74, 6) is -1.44. The summed E-state index contributed by atoms with van der Waals surface area (Å²) in [6.07, 6.45) is 0.624. The van der Waals surface area contributed by atoms with Gasteiger partial charge in [0.25, 0.3) is 0 Å². The average Bonchev–Trinajstić information content (AvgIpc) is 2.37. The molecule has 0 aromatic carbocycles. The fourth-order valence-corrected chi connectivity index (χ4v) is 1.15. The Labute approximate surface area is 64.8 Å². The van der Waals surface area contributed by atoms with Crippen molar-refractivity contribution in [2.75, 3.05) is 13.2 Å². The van der Waals surface area contributed by atoms with Gasteiger partial charge in [-0.15, -0.1) is 0 Å². The molecule has 0 bridgehead atoms. The van der Waals surface area contributed by atoms with Gasteiger partial charge in [0.1, 0.15) is 0 Å². The zero-order valence-electron chi connectivity index (χ0n) is 6.41. The van der Waals surface area contributed by atoms with Crippen molar-refractivity contribution in [2.24, 2.45) is 5.92 Å². The summed E-state index contributed by atoms with van der Waals surface area (Å²) in [4.78, 5) is 10.5. The lowest BCUT2D eigenvalue weighted by molar-refractivity contribution is -0.162. The Morgan fingerprint density at radius 3 is 2.73 bits per heavy atom. The highest BCUT2D eigenvalue weighted by Gasteiger charge is 2.41. The van der Waals surface area contributed by atoms with E-state index in [1.54, 1.807) is 0 Å². The first kappa shape index (κ1) is 8.49. The molecule has 0 aliphatic carbocycles. The van der Waals surface area contributed by atoms with Crippen LogP contribution in [0.1, 0.15) is 13.3 Å². The first-order chi connectivity index (χ1) is 5.05. The maximum absolute atomic E-state index is 10.5. The van der Waals surface area contributed by atoms with Gasteiger partial charge in [-0.2, -0.15) is 0 Å². The average molecular weight is 160 g/mol.